The van der Waals surface area contributed by atoms with Gasteiger partial charge in [-0.1, -0.05) is 18.5 Å². The lowest BCUT2D eigenvalue weighted by atomic mass is 10.1. The molecule has 0 spiro atoms. The van der Waals surface area contributed by atoms with Crippen LogP contribution in [0.5, 0.6) is 0 Å². The third-order valence-electron chi connectivity index (χ3n) is 2.96. The first kappa shape index (κ1) is 16.3. The van der Waals surface area contributed by atoms with Crippen LogP contribution < -0.4 is 5.32 Å². The van der Waals surface area contributed by atoms with E-state index >= 15 is 0 Å². The van der Waals surface area contributed by atoms with E-state index in [1.54, 1.807) is 0 Å². The summed E-state index contributed by atoms with van der Waals surface area (Å²) in [6, 6.07) is 6.08. The number of aromatic nitrogens is 1. The van der Waals surface area contributed by atoms with Gasteiger partial charge in [-0.05, 0) is 30.8 Å². The molecule has 0 aliphatic heterocycles. The minimum absolute atomic E-state index is 0.132. The number of alkyl halides is 3. The van der Waals surface area contributed by atoms with Gasteiger partial charge in [-0.2, -0.15) is 13.2 Å². The van der Waals surface area contributed by atoms with Crippen molar-refractivity contribution in [2.24, 2.45) is 0 Å². The Morgan fingerprint density at radius 2 is 2.05 bits per heavy atom. The van der Waals surface area contributed by atoms with Crippen molar-refractivity contribution in [2.45, 2.75) is 25.6 Å². The predicted molar refractivity (Wildman–Crippen MR) is 78.7 cm³/mol. The SMILES string of the molecule is CCNC(Cc1ccc(Cl)s1)c1ccc(C(F)(F)F)cn1. The zero-order valence-electron chi connectivity index (χ0n) is 11.2. The van der Waals surface area contributed by atoms with E-state index in [1.807, 2.05) is 19.1 Å². The molecule has 2 aromatic rings. The van der Waals surface area contributed by atoms with Crippen LogP contribution in [0.15, 0.2) is 30.5 Å². The molecule has 0 saturated carbocycles. The molecule has 0 aliphatic carbocycles. The normalized spacial score (nSPS) is 13.4. The largest absolute Gasteiger partial charge is 0.417 e. The number of nitrogens with one attached hydrogen (secondary N) is 1. The molecule has 21 heavy (non-hydrogen) atoms. The van der Waals surface area contributed by atoms with E-state index in [1.165, 1.54) is 17.4 Å². The van der Waals surface area contributed by atoms with Crippen LogP contribution in [0.3, 0.4) is 0 Å². The van der Waals surface area contributed by atoms with E-state index in [0.29, 0.717) is 23.0 Å². The highest BCUT2D eigenvalue weighted by Gasteiger charge is 2.31. The Balaban J connectivity index is 2.17. The molecule has 2 aromatic heterocycles. The maximum atomic E-state index is 12.5. The summed E-state index contributed by atoms with van der Waals surface area (Å²) in [5, 5.41) is 3.23. The summed E-state index contributed by atoms with van der Waals surface area (Å²) in [5.74, 6) is 0. The van der Waals surface area contributed by atoms with Gasteiger partial charge in [0.2, 0.25) is 0 Å². The number of hydrogen-bond acceptors (Lipinski definition) is 3. The fraction of sp³-hybridized carbons (Fsp3) is 0.357. The summed E-state index contributed by atoms with van der Waals surface area (Å²) < 4.78 is 38.3. The van der Waals surface area contributed by atoms with E-state index in [4.69, 9.17) is 11.6 Å². The molecule has 0 saturated heterocycles. The lowest BCUT2D eigenvalue weighted by molar-refractivity contribution is -0.137. The second-order valence-electron chi connectivity index (χ2n) is 4.49. The van der Waals surface area contributed by atoms with E-state index in [9.17, 15) is 13.2 Å². The van der Waals surface area contributed by atoms with Crippen LogP contribution in [-0.2, 0) is 12.6 Å². The van der Waals surface area contributed by atoms with Gasteiger partial charge >= 0.3 is 6.18 Å². The number of nitrogens with zero attached hydrogens (tertiary/aromatic N) is 1. The van der Waals surface area contributed by atoms with Gasteiger partial charge in [-0.15, -0.1) is 11.3 Å². The molecule has 1 N–H and O–H groups in total. The zero-order valence-corrected chi connectivity index (χ0v) is 12.8. The number of thiophene rings is 1. The number of likely N-dealkylation sites (N-methyl/N-ethyl adjacent to an activating group) is 1. The Kier molecular flexibility index (Phi) is 5.24. The van der Waals surface area contributed by atoms with Crippen molar-refractivity contribution < 1.29 is 13.2 Å². The number of hydrogen-bond donors (Lipinski definition) is 1. The molecule has 0 aliphatic rings. The van der Waals surface area contributed by atoms with E-state index in [2.05, 4.69) is 10.3 Å². The van der Waals surface area contributed by atoms with Crippen molar-refractivity contribution in [2.75, 3.05) is 6.54 Å². The first-order valence-corrected chi connectivity index (χ1v) is 7.60. The third kappa shape index (κ3) is 4.43. The molecule has 0 aromatic carbocycles. The first-order chi connectivity index (χ1) is 9.90. The van der Waals surface area contributed by atoms with Crippen LogP contribution in [0.25, 0.3) is 0 Å². The maximum absolute atomic E-state index is 12.5. The van der Waals surface area contributed by atoms with Crippen molar-refractivity contribution >= 4 is 22.9 Å². The van der Waals surface area contributed by atoms with Crippen molar-refractivity contribution in [3.05, 3.63) is 50.9 Å². The quantitative estimate of drug-likeness (QED) is 0.856. The van der Waals surface area contributed by atoms with Crippen LogP contribution >= 0.6 is 22.9 Å². The molecule has 2 heterocycles. The molecule has 1 atom stereocenters. The average Bonchev–Trinajstić information content (AvgIpc) is 2.83. The first-order valence-electron chi connectivity index (χ1n) is 6.41. The van der Waals surface area contributed by atoms with Crippen LogP contribution in [0, 0.1) is 0 Å². The summed E-state index contributed by atoms with van der Waals surface area (Å²) in [6.45, 7) is 2.64. The van der Waals surface area contributed by atoms with Gasteiger partial charge in [-0.3, -0.25) is 4.98 Å². The van der Waals surface area contributed by atoms with Gasteiger partial charge in [0.15, 0.2) is 0 Å². The van der Waals surface area contributed by atoms with Crippen LogP contribution in [0.1, 0.15) is 29.1 Å². The highest BCUT2D eigenvalue weighted by Crippen LogP contribution is 2.30. The minimum atomic E-state index is -4.36. The second kappa shape index (κ2) is 6.77. The van der Waals surface area contributed by atoms with Crippen molar-refractivity contribution in [3.63, 3.8) is 0 Å². The lowest BCUT2D eigenvalue weighted by Crippen LogP contribution is -2.23. The molecule has 2 nitrogen and oxygen atoms in total. The van der Waals surface area contributed by atoms with Gasteiger partial charge in [0, 0.05) is 17.5 Å². The predicted octanol–water partition coefficient (Wildman–Crippen LogP) is 4.71. The van der Waals surface area contributed by atoms with E-state index in [-0.39, 0.29) is 6.04 Å². The van der Waals surface area contributed by atoms with E-state index < -0.39 is 11.7 Å². The highest BCUT2D eigenvalue weighted by atomic mass is 35.5. The number of pyridine rings is 1. The fourth-order valence-electron chi connectivity index (χ4n) is 1.97. The van der Waals surface area contributed by atoms with Gasteiger partial charge < -0.3 is 5.32 Å². The Morgan fingerprint density at radius 3 is 2.52 bits per heavy atom. The van der Waals surface area contributed by atoms with Crippen molar-refractivity contribution in [3.8, 4) is 0 Å². The van der Waals surface area contributed by atoms with Crippen molar-refractivity contribution in [1.82, 2.24) is 10.3 Å². The molecule has 2 rings (SSSR count). The zero-order chi connectivity index (χ0) is 15.5. The van der Waals surface area contributed by atoms with Crippen LogP contribution in [0.2, 0.25) is 4.34 Å². The van der Waals surface area contributed by atoms with Crippen LogP contribution in [0.4, 0.5) is 13.2 Å². The standard InChI is InChI=1S/C14H14ClF3N2S/c1-2-19-12(7-10-4-6-13(15)21-10)11-5-3-9(8-20-11)14(16,17)18/h3-6,8,12,19H,2,7H2,1H3. The third-order valence-corrected chi connectivity index (χ3v) is 4.21. The smallest absolute Gasteiger partial charge is 0.309 e. The van der Waals surface area contributed by atoms with Gasteiger partial charge in [0.25, 0.3) is 0 Å². The molecular weight excluding hydrogens is 321 g/mol. The number of halogens is 4. The molecule has 0 fully saturated rings. The second-order valence-corrected chi connectivity index (χ2v) is 6.29. The van der Waals surface area contributed by atoms with E-state index in [0.717, 1.165) is 17.1 Å². The topological polar surface area (TPSA) is 24.9 Å². The van der Waals surface area contributed by atoms with Crippen LogP contribution in [-0.4, -0.2) is 11.5 Å². The minimum Gasteiger partial charge on any atom is -0.309 e. The summed E-state index contributed by atoms with van der Waals surface area (Å²) in [5.41, 5.74) is -0.143. The molecular formula is C14H14ClF3N2S. The highest BCUT2D eigenvalue weighted by molar-refractivity contribution is 7.16. The monoisotopic (exact) mass is 334 g/mol. The number of rotatable bonds is 5. The lowest BCUT2D eigenvalue weighted by Gasteiger charge is -2.17. The maximum Gasteiger partial charge on any atom is 0.417 e. The summed E-state index contributed by atoms with van der Waals surface area (Å²) >= 11 is 7.36. The molecule has 7 heteroatoms. The Hall–Kier alpha value is -1.11. The summed E-state index contributed by atoms with van der Waals surface area (Å²) in [4.78, 5) is 5.02. The van der Waals surface area contributed by atoms with Gasteiger partial charge in [0.05, 0.1) is 21.6 Å². The summed E-state index contributed by atoms with van der Waals surface area (Å²) in [6.07, 6.45) is -2.84. The Labute approximate surface area is 130 Å². The van der Waals surface area contributed by atoms with Gasteiger partial charge in [0.1, 0.15) is 0 Å². The molecule has 0 radical (unpaired) electrons. The molecule has 0 amide bonds. The summed E-state index contributed by atoms with van der Waals surface area (Å²) in [7, 11) is 0. The fourth-order valence-corrected chi connectivity index (χ4v) is 3.10. The Bertz CT molecular complexity index is 581. The molecule has 114 valence electrons. The van der Waals surface area contributed by atoms with Gasteiger partial charge in [-0.25, -0.2) is 0 Å². The average molecular weight is 335 g/mol. The van der Waals surface area contributed by atoms with Crippen molar-refractivity contribution in [1.29, 1.82) is 0 Å². The molecule has 1 unspecified atom stereocenters. The molecule has 0 bridgehead atoms. The Morgan fingerprint density at radius 1 is 1.29 bits per heavy atom.